The first-order valence-corrected chi connectivity index (χ1v) is 7.60. The summed E-state index contributed by atoms with van der Waals surface area (Å²) in [5.74, 6) is 1.23. The molecule has 0 spiro atoms. The number of nitrogens with zero attached hydrogens (tertiary/aromatic N) is 2. The molecular formula is C14H12Br2N2. The van der Waals surface area contributed by atoms with Crippen molar-refractivity contribution in [2.45, 2.75) is 25.2 Å². The molecule has 1 atom stereocenters. The summed E-state index contributed by atoms with van der Waals surface area (Å²) in [5.41, 5.74) is 2.82. The Balaban J connectivity index is 2.08. The van der Waals surface area contributed by atoms with E-state index in [2.05, 4.69) is 66.1 Å². The maximum Gasteiger partial charge on any atom is 0.138 e. The van der Waals surface area contributed by atoms with Crippen LogP contribution in [0.1, 0.15) is 35.7 Å². The van der Waals surface area contributed by atoms with E-state index in [0.717, 1.165) is 21.5 Å². The number of halogens is 2. The number of hydrogen-bond donors (Lipinski definition) is 0. The molecule has 0 saturated heterocycles. The maximum atomic E-state index is 4.53. The lowest BCUT2D eigenvalue weighted by molar-refractivity contribution is 0.588. The van der Waals surface area contributed by atoms with Gasteiger partial charge in [0.1, 0.15) is 15.0 Å². The van der Waals surface area contributed by atoms with Crippen molar-refractivity contribution in [1.82, 2.24) is 9.97 Å². The molecule has 0 amide bonds. The minimum absolute atomic E-state index is 0.323. The summed E-state index contributed by atoms with van der Waals surface area (Å²) in [4.78, 5) is 9.06. The molecule has 1 unspecified atom stereocenters. The van der Waals surface area contributed by atoms with Gasteiger partial charge in [0.15, 0.2) is 0 Å². The standard InChI is InChI=1S/C14H12Br2N2/c15-12-8-13(16)18-14(17-12)11-7-3-5-9-4-1-2-6-10(9)11/h1-2,4,6,8,11H,3,5,7H2. The molecule has 1 aliphatic rings. The van der Waals surface area contributed by atoms with Gasteiger partial charge < -0.3 is 0 Å². The smallest absolute Gasteiger partial charge is 0.138 e. The molecule has 0 aliphatic heterocycles. The highest BCUT2D eigenvalue weighted by Gasteiger charge is 2.24. The molecular weight excluding hydrogens is 356 g/mol. The minimum atomic E-state index is 0.323. The molecule has 2 nitrogen and oxygen atoms in total. The molecule has 4 heteroatoms. The Kier molecular flexibility index (Phi) is 3.48. The summed E-state index contributed by atoms with van der Waals surface area (Å²) in [7, 11) is 0. The van der Waals surface area contributed by atoms with Crippen LogP contribution in [0.15, 0.2) is 39.5 Å². The third-order valence-electron chi connectivity index (χ3n) is 3.36. The molecule has 1 heterocycles. The first-order chi connectivity index (χ1) is 8.74. The molecule has 0 saturated carbocycles. The monoisotopic (exact) mass is 366 g/mol. The van der Waals surface area contributed by atoms with E-state index in [-0.39, 0.29) is 0 Å². The number of rotatable bonds is 1. The molecule has 3 rings (SSSR count). The topological polar surface area (TPSA) is 25.8 Å². The number of benzene rings is 1. The van der Waals surface area contributed by atoms with Crippen molar-refractivity contribution < 1.29 is 0 Å². The summed E-state index contributed by atoms with van der Waals surface area (Å²) in [6.07, 6.45) is 3.50. The molecule has 0 bridgehead atoms. The Morgan fingerprint density at radius 1 is 1.06 bits per heavy atom. The number of aromatic nitrogens is 2. The Hall–Kier alpha value is -0.740. The molecule has 2 aromatic rings. The molecule has 0 N–H and O–H groups in total. The summed E-state index contributed by atoms with van der Waals surface area (Å²) < 4.78 is 1.67. The highest BCUT2D eigenvalue weighted by molar-refractivity contribution is 9.11. The van der Waals surface area contributed by atoms with Crippen LogP contribution in [0.3, 0.4) is 0 Å². The van der Waals surface area contributed by atoms with E-state index in [1.54, 1.807) is 0 Å². The van der Waals surface area contributed by atoms with E-state index in [4.69, 9.17) is 0 Å². The molecule has 1 aromatic carbocycles. The minimum Gasteiger partial charge on any atom is -0.225 e. The van der Waals surface area contributed by atoms with Gasteiger partial charge in [-0.25, -0.2) is 9.97 Å². The predicted octanol–water partition coefficient (Wildman–Crippen LogP) is 4.47. The Morgan fingerprint density at radius 3 is 2.56 bits per heavy atom. The van der Waals surface area contributed by atoms with Crippen LogP contribution in [-0.2, 0) is 6.42 Å². The number of hydrogen-bond acceptors (Lipinski definition) is 2. The van der Waals surface area contributed by atoms with Gasteiger partial charge >= 0.3 is 0 Å². The Morgan fingerprint density at radius 2 is 1.78 bits per heavy atom. The van der Waals surface area contributed by atoms with E-state index in [1.165, 1.54) is 24.0 Å². The lowest BCUT2D eigenvalue weighted by Crippen LogP contribution is -2.13. The highest BCUT2D eigenvalue weighted by Crippen LogP contribution is 2.35. The van der Waals surface area contributed by atoms with E-state index < -0.39 is 0 Å². The third-order valence-corrected chi connectivity index (χ3v) is 4.17. The summed E-state index contributed by atoms with van der Waals surface area (Å²) in [6.45, 7) is 0. The first-order valence-electron chi connectivity index (χ1n) is 6.02. The zero-order valence-corrected chi connectivity index (χ0v) is 12.9. The van der Waals surface area contributed by atoms with Crippen molar-refractivity contribution in [3.05, 3.63) is 56.5 Å². The van der Waals surface area contributed by atoms with E-state index >= 15 is 0 Å². The lowest BCUT2D eigenvalue weighted by atomic mass is 9.82. The summed E-state index contributed by atoms with van der Waals surface area (Å²) in [5, 5.41) is 0. The second kappa shape index (κ2) is 5.10. The number of fused-ring (bicyclic) bond motifs is 1. The fourth-order valence-corrected chi connectivity index (χ4v) is 3.69. The van der Waals surface area contributed by atoms with Gasteiger partial charge in [-0.2, -0.15) is 0 Å². The van der Waals surface area contributed by atoms with Gasteiger partial charge in [-0.1, -0.05) is 24.3 Å². The van der Waals surface area contributed by atoms with Gasteiger partial charge in [-0.15, -0.1) is 0 Å². The third kappa shape index (κ3) is 2.36. The van der Waals surface area contributed by atoms with Crippen LogP contribution in [-0.4, -0.2) is 9.97 Å². The molecule has 18 heavy (non-hydrogen) atoms. The summed E-state index contributed by atoms with van der Waals surface area (Å²) in [6, 6.07) is 10.5. The van der Waals surface area contributed by atoms with Gasteiger partial charge in [-0.05, 0) is 62.2 Å². The van der Waals surface area contributed by atoms with E-state index in [1.807, 2.05) is 6.07 Å². The fraction of sp³-hybridized carbons (Fsp3) is 0.286. The zero-order chi connectivity index (χ0) is 12.5. The lowest BCUT2D eigenvalue weighted by Gasteiger charge is -2.24. The van der Waals surface area contributed by atoms with E-state index in [0.29, 0.717) is 5.92 Å². The van der Waals surface area contributed by atoms with Crippen molar-refractivity contribution in [2.24, 2.45) is 0 Å². The van der Waals surface area contributed by atoms with Gasteiger partial charge in [0, 0.05) is 12.0 Å². The Labute approximate surface area is 123 Å². The average Bonchev–Trinajstić information content (AvgIpc) is 2.37. The van der Waals surface area contributed by atoms with Crippen LogP contribution in [0, 0.1) is 0 Å². The second-order valence-corrected chi connectivity index (χ2v) is 6.14. The van der Waals surface area contributed by atoms with Crippen molar-refractivity contribution in [3.8, 4) is 0 Å². The molecule has 0 fully saturated rings. The van der Waals surface area contributed by atoms with Crippen molar-refractivity contribution in [2.75, 3.05) is 0 Å². The number of aryl methyl sites for hydroxylation is 1. The van der Waals surface area contributed by atoms with Crippen molar-refractivity contribution in [1.29, 1.82) is 0 Å². The summed E-state index contributed by atoms with van der Waals surface area (Å²) >= 11 is 6.88. The van der Waals surface area contributed by atoms with Crippen LogP contribution in [0.2, 0.25) is 0 Å². The van der Waals surface area contributed by atoms with Crippen LogP contribution in [0.4, 0.5) is 0 Å². The quantitative estimate of drug-likeness (QED) is 0.695. The molecule has 1 aromatic heterocycles. The van der Waals surface area contributed by atoms with Crippen molar-refractivity contribution >= 4 is 31.9 Å². The average molecular weight is 368 g/mol. The molecule has 1 aliphatic carbocycles. The zero-order valence-electron chi connectivity index (χ0n) is 9.74. The first kappa shape index (κ1) is 12.3. The predicted molar refractivity (Wildman–Crippen MR) is 78.7 cm³/mol. The van der Waals surface area contributed by atoms with Gasteiger partial charge in [0.05, 0.1) is 0 Å². The van der Waals surface area contributed by atoms with Gasteiger partial charge in [-0.3, -0.25) is 0 Å². The van der Waals surface area contributed by atoms with Gasteiger partial charge in [0.25, 0.3) is 0 Å². The van der Waals surface area contributed by atoms with Crippen LogP contribution < -0.4 is 0 Å². The van der Waals surface area contributed by atoms with Crippen LogP contribution >= 0.6 is 31.9 Å². The van der Waals surface area contributed by atoms with Crippen LogP contribution in [0.5, 0.6) is 0 Å². The fourth-order valence-electron chi connectivity index (χ4n) is 2.58. The highest BCUT2D eigenvalue weighted by atomic mass is 79.9. The maximum absolute atomic E-state index is 4.53. The Bertz CT molecular complexity index is 564. The SMILES string of the molecule is Brc1cc(Br)nc(C2CCCc3ccccc32)n1. The molecule has 0 radical (unpaired) electrons. The molecule has 92 valence electrons. The van der Waals surface area contributed by atoms with Crippen molar-refractivity contribution in [3.63, 3.8) is 0 Å². The van der Waals surface area contributed by atoms with E-state index in [9.17, 15) is 0 Å². The normalized spacial score (nSPS) is 18.4. The second-order valence-electron chi connectivity index (χ2n) is 4.52. The van der Waals surface area contributed by atoms with Gasteiger partial charge in [0.2, 0.25) is 0 Å². The largest absolute Gasteiger partial charge is 0.225 e. The van der Waals surface area contributed by atoms with Crippen LogP contribution in [0.25, 0.3) is 0 Å².